The molecule has 2 aliphatic rings. The number of amides is 1. The normalized spacial score (nSPS) is 24.3. The molecule has 6 nitrogen and oxygen atoms in total. The minimum absolute atomic E-state index is 0.00820. The number of benzene rings is 1. The lowest BCUT2D eigenvalue weighted by atomic mass is 9.79. The average Bonchev–Trinajstić information content (AvgIpc) is 3.24. The maximum Gasteiger partial charge on any atom is 0.251 e. The third kappa shape index (κ3) is 3.81. The van der Waals surface area contributed by atoms with Gasteiger partial charge in [0.25, 0.3) is 5.91 Å². The molecule has 1 aromatic carbocycles. The Morgan fingerprint density at radius 1 is 1.08 bits per heavy atom. The van der Waals surface area contributed by atoms with Crippen molar-refractivity contribution in [1.29, 1.82) is 0 Å². The van der Waals surface area contributed by atoms with Gasteiger partial charge in [-0.15, -0.1) is 0 Å². The van der Waals surface area contributed by atoms with Gasteiger partial charge in [0.1, 0.15) is 0 Å². The van der Waals surface area contributed by atoms with Crippen LogP contribution in [0.5, 0.6) is 0 Å². The van der Waals surface area contributed by atoms with Gasteiger partial charge in [-0.1, -0.05) is 0 Å². The third-order valence-corrected chi connectivity index (χ3v) is 5.52. The molecule has 1 aromatic heterocycles. The van der Waals surface area contributed by atoms with Gasteiger partial charge in [-0.05, 0) is 49.4 Å². The number of hydrogen-bond donors (Lipinski definition) is 1. The van der Waals surface area contributed by atoms with Crippen LogP contribution in [-0.4, -0.2) is 47.9 Å². The highest BCUT2D eigenvalue weighted by Crippen LogP contribution is 2.30. The molecule has 2 atom stereocenters. The number of carbonyl (C=O) groups is 1. The zero-order valence-corrected chi connectivity index (χ0v) is 14.8. The average molecular weight is 355 g/mol. The molecule has 6 heteroatoms. The summed E-state index contributed by atoms with van der Waals surface area (Å²) < 4.78 is 13.1. The number of nitrogens with zero attached hydrogens (tertiary/aromatic N) is 2. The van der Waals surface area contributed by atoms with E-state index in [1.165, 1.54) is 0 Å². The Hall–Kier alpha value is -2.18. The largest absolute Gasteiger partial charge is 0.381 e. The van der Waals surface area contributed by atoms with Crippen molar-refractivity contribution >= 4 is 5.91 Å². The number of hydrogen-bond acceptors (Lipinski definition) is 4. The van der Waals surface area contributed by atoms with Crippen LogP contribution in [0.4, 0.5) is 0 Å². The highest BCUT2D eigenvalue weighted by Gasteiger charge is 2.34. The summed E-state index contributed by atoms with van der Waals surface area (Å²) in [5.74, 6) is 0.936. The summed E-state index contributed by atoms with van der Waals surface area (Å²) in [6.45, 7) is 3.08. The molecule has 26 heavy (non-hydrogen) atoms. The van der Waals surface area contributed by atoms with E-state index in [0.717, 1.165) is 44.8 Å². The fraction of sp³-hybridized carbons (Fsp3) is 0.500. The van der Waals surface area contributed by atoms with E-state index in [9.17, 15) is 4.79 Å². The second-order valence-electron chi connectivity index (χ2n) is 7.07. The fourth-order valence-corrected chi connectivity index (χ4v) is 4.00. The van der Waals surface area contributed by atoms with Gasteiger partial charge < -0.3 is 19.4 Å². The molecule has 0 aliphatic carbocycles. The molecule has 2 aliphatic heterocycles. The third-order valence-electron chi connectivity index (χ3n) is 5.52. The maximum atomic E-state index is 12.7. The van der Waals surface area contributed by atoms with Crippen molar-refractivity contribution < 1.29 is 14.3 Å². The lowest BCUT2D eigenvalue weighted by Crippen LogP contribution is -2.49. The van der Waals surface area contributed by atoms with Crippen LogP contribution < -0.4 is 5.32 Å². The topological polar surface area (TPSA) is 65.4 Å². The molecular formula is C20H25N3O3. The first kappa shape index (κ1) is 17.2. The first-order valence-electron chi connectivity index (χ1n) is 9.36. The maximum absolute atomic E-state index is 12.7. The number of ether oxygens (including phenoxy) is 2. The van der Waals surface area contributed by atoms with E-state index < -0.39 is 0 Å². The zero-order valence-electron chi connectivity index (χ0n) is 14.8. The first-order valence-corrected chi connectivity index (χ1v) is 9.36. The van der Waals surface area contributed by atoms with E-state index in [1.807, 2.05) is 35.0 Å². The highest BCUT2D eigenvalue weighted by atomic mass is 16.5. The van der Waals surface area contributed by atoms with E-state index in [2.05, 4.69) is 10.3 Å². The number of nitrogens with one attached hydrogen (secondary N) is 1. The molecule has 0 spiro atoms. The van der Waals surface area contributed by atoms with Crippen LogP contribution in [0.25, 0.3) is 5.69 Å². The predicted octanol–water partition coefficient (Wildman–Crippen LogP) is 2.43. The van der Waals surface area contributed by atoms with Crippen LogP contribution in [-0.2, 0) is 9.47 Å². The molecule has 138 valence electrons. The van der Waals surface area contributed by atoms with Crippen molar-refractivity contribution in [3.8, 4) is 5.69 Å². The summed E-state index contributed by atoms with van der Waals surface area (Å²) in [6, 6.07) is 7.79. The second kappa shape index (κ2) is 8.01. The van der Waals surface area contributed by atoms with Gasteiger partial charge in [0, 0.05) is 55.4 Å². The molecule has 3 heterocycles. The lowest BCUT2D eigenvalue weighted by Gasteiger charge is -2.39. The SMILES string of the molecule is O=C(N[C@@H]1CCOC[C@@H]1C1CCOCC1)c1ccc(-n2ccnc2)cc1. The molecule has 0 unspecified atom stereocenters. The minimum Gasteiger partial charge on any atom is -0.381 e. The second-order valence-corrected chi connectivity index (χ2v) is 7.07. The molecule has 0 radical (unpaired) electrons. The molecule has 0 saturated carbocycles. The quantitative estimate of drug-likeness (QED) is 0.915. The van der Waals surface area contributed by atoms with Crippen LogP contribution in [0.2, 0.25) is 0 Å². The van der Waals surface area contributed by atoms with E-state index in [4.69, 9.17) is 9.47 Å². The van der Waals surface area contributed by atoms with Gasteiger partial charge in [0.05, 0.1) is 12.9 Å². The Bertz CT molecular complexity index is 708. The van der Waals surface area contributed by atoms with Crippen molar-refractivity contribution in [1.82, 2.24) is 14.9 Å². The Morgan fingerprint density at radius 3 is 2.58 bits per heavy atom. The monoisotopic (exact) mass is 355 g/mol. The molecule has 4 rings (SSSR count). The summed E-state index contributed by atoms with van der Waals surface area (Å²) in [7, 11) is 0. The molecule has 1 N–H and O–H groups in total. The molecule has 2 fully saturated rings. The summed E-state index contributed by atoms with van der Waals surface area (Å²) >= 11 is 0. The van der Waals surface area contributed by atoms with Crippen LogP contribution >= 0.6 is 0 Å². The molecule has 2 saturated heterocycles. The summed E-state index contributed by atoms with van der Waals surface area (Å²) in [6.07, 6.45) is 8.36. The Labute approximate surface area is 153 Å². The van der Waals surface area contributed by atoms with Crippen molar-refractivity contribution in [2.75, 3.05) is 26.4 Å². The summed E-state index contributed by atoms with van der Waals surface area (Å²) in [5, 5.41) is 3.26. The Kier molecular flexibility index (Phi) is 5.32. The smallest absolute Gasteiger partial charge is 0.251 e. The molecule has 2 aromatic rings. The van der Waals surface area contributed by atoms with Crippen LogP contribution in [0.1, 0.15) is 29.6 Å². The number of rotatable bonds is 4. The Morgan fingerprint density at radius 2 is 1.85 bits per heavy atom. The van der Waals surface area contributed by atoms with Gasteiger partial charge in [-0.3, -0.25) is 4.79 Å². The van der Waals surface area contributed by atoms with Crippen molar-refractivity contribution in [3.05, 3.63) is 48.5 Å². The lowest BCUT2D eigenvalue weighted by molar-refractivity contribution is -0.0259. The number of imidazole rings is 1. The van der Waals surface area contributed by atoms with Crippen molar-refractivity contribution in [3.63, 3.8) is 0 Å². The van der Waals surface area contributed by atoms with Gasteiger partial charge in [-0.25, -0.2) is 4.98 Å². The molecule has 0 bridgehead atoms. The highest BCUT2D eigenvalue weighted by molar-refractivity contribution is 5.94. The number of carbonyl (C=O) groups excluding carboxylic acids is 1. The van der Waals surface area contributed by atoms with Crippen LogP contribution in [0, 0.1) is 11.8 Å². The standard InChI is InChI=1S/C20H25N3O3/c24-20(16-1-3-17(4-2-16)23-9-8-21-14-23)22-19-7-12-26-13-18(19)15-5-10-25-11-6-15/h1-4,8-9,14-15,18-19H,5-7,10-13H2,(H,22,24)/t18-,19-/m1/s1. The number of aromatic nitrogens is 2. The van der Waals surface area contributed by atoms with E-state index in [1.54, 1.807) is 12.5 Å². The van der Waals surface area contributed by atoms with Gasteiger partial charge in [-0.2, -0.15) is 0 Å². The zero-order chi connectivity index (χ0) is 17.8. The Balaban J connectivity index is 1.42. The molecular weight excluding hydrogens is 330 g/mol. The van der Waals surface area contributed by atoms with E-state index in [0.29, 0.717) is 24.0 Å². The fourth-order valence-electron chi connectivity index (χ4n) is 4.00. The minimum atomic E-state index is -0.00820. The molecule has 1 amide bonds. The van der Waals surface area contributed by atoms with Gasteiger partial charge in [0.15, 0.2) is 0 Å². The first-order chi connectivity index (χ1) is 12.8. The van der Waals surface area contributed by atoms with Crippen molar-refractivity contribution in [2.45, 2.75) is 25.3 Å². The van der Waals surface area contributed by atoms with E-state index >= 15 is 0 Å². The predicted molar refractivity (Wildman–Crippen MR) is 97.3 cm³/mol. The summed E-state index contributed by atoms with van der Waals surface area (Å²) in [5.41, 5.74) is 1.68. The summed E-state index contributed by atoms with van der Waals surface area (Å²) in [4.78, 5) is 16.8. The van der Waals surface area contributed by atoms with Crippen molar-refractivity contribution in [2.24, 2.45) is 11.8 Å². The van der Waals surface area contributed by atoms with Gasteiger partial charge in [0.2, 0.25) is 0 Å². The van der Waals surface area contributed by atoms with Crippen LogP contribution in [0.15, 0.2) is 43.0 Å². The van der Waals surface area contributed by atoms with Gasteiger partial charge >= 0.3 is 0 Å². The van der Waals surface area contributed by atoms with Crippen LogP contribution in [0.3, 0.4) is 0 Å². The van der Waals surface area contributed by atoms with E-state index in [-0.39, 0.29) is 11.9 Å².